The first-order chi connectivity index (χ1) is 10.2. The lowest BCUT2D eigenvalue weighted by Crippen LogP contribution is -2.42. The molecule has 0 radical (unpaired) electrons. The van der Waals surface area contributed by atoms with Gasteiger partial charge in [0.2, 0.25) is 5.69 Å². The minimum absolute atomic E-state index is 0.692. The van der Waals surface area contributed by atoms with Crippen LogP contribution in [0.4, 0.5) is 0 Å². The molecule has 1 aromatic carbocycles. The minimum atomic E-state index is -1.29. The molecule has 0 bridgehead atoms. The summed E-state index contributed by atoms with van der Waals surface area (Å²) in [5.41, 5.74) is 5.51. The molecule has 0 spiro atoms. The molecule has 2 rings (SSSR count). The van der Waals surface area contributed by atoms with Crippen LogP contribution in [0.15, 0.2) is 36.5 Å². The van der Waals surface area contributed by atoms with E-state index in [-0.39, 0.29) is 0 Å². The summed E-state index contributed by atoms with van der Waals surface area (Å²) in [5.74, 6) is 0.692. The van der Waals surface area contributed by atoms with Gasteiger partial charge in [-0.1, -0.05) is 45.6 Å². The van der Waals surface area contributed by atoms with Gasteiger partial charge >= 0.3 is 0 Å². The Bertz CT molecular complexity index is 666. The Morgan fingerprint density at radius 3 is 2.32 bits per heavy atom. The number of rotatable bonds is 4. The minimum Gasteiger partial charge on any atom is -0.201 e. The van der Waals surface area contributed by atoms with Gasteiger partial charge in [0.1, 0.15) is 7.05 Å². The molecule has 118 valence electrons. The number of benzene rings is 1. The monoisotopic (exact) mass is 312 g/mol. The van der Waals surface area contributed by atoms with Crippen LogP contribution < -0.4 is 9.75 Å². The molecule has 0 aliphatic rings. The fourth-order valence-electron chi connectivity index (χ4n) is 2.85. The summed E-state index contributed by atoms with van der Waals surface area (Å²) in [7, 11) is 0.860. The first-order valence-electron chi connectivity index (χ1n) is 8.28. The molecule has 0 fully saturated rings. The Morgan fingerprint density at radius 2 is 1.73 bits per heavy atom. The second kappa shape index (κ2) is 6.37. The molecule has 0 saturated heterocycles. The lowest BCUT2D eigenvalue weighted by molar-refractivity contribution is -0.660. The van der Waals surface area contributed by atoms with Crippen LogP contribution >= 0.6 is 0 Å². The smallest absolute Gasteiger partial charge is 0.201 e. The molecular formula is C20H30NSi+. The van der Waals surface area contributed by atoms with Gasteiger partial charge in [0, 0.05) is 17.7 Å². The van der Waals surface area contributed by atoms with Gasteiger partial charge in [-0.05, 0) is 41.6 Å². The van der Waals surface area contributed by atoms with Crippen LogP contribution in [0.3, 0.4) is 0 Å². The number of hydrogen-bond donors (Lipinski definition) is 0. The molecule has 0 aliphatic heterocycles. The fourth-order valence-corrected chi connectivity index (χ4v) is 3.99. The van der Waals surface area contributed by atoms with Crippen molar-refractivity contribution in [1.82, 2.24) is 0 Å². The second-order valence-electron chi connectivity index (χ2n) is 7.91. The summed E-state index contributed by atoms with van der Waals surface area (Å²) in [6.07, 6.45) is 3.36. The second-order valence-corrected chi connectivity index (χ2v) is 13.0. The maximum absolute atomic E-state index is 2.41. The molecular weight excluding hydrogens is 282 g/mol. The van der Waals surface area contributed by atoms with Crippen molar-refractivity contribution < 1.29 is 4.57 Å². The van der Waals surface area contributed by atoms with E-state index in [9.17, 15) is 0 Å². The Kier molecular flexibility index (Phi) is 4.91. The number of pyridine rings is 1. The Labute approximate surface area is 137 Å². The van der Waals surface area contributed by atoms with E-state index < -0.39 is 8.07 Å². The van der Waals surface area contributed by atoms with Crippen molar-refractivity contribution >= 4 is 13.3 Å². The maximum atomic E-state index is 2.41. The van der Waals surface area contributed by atoms with Gasteiger partial charge in [-0.3, -0.25) is 0 Å². The molecule has 0 unspecified atom stereocenters. The van der Waals surface area contributed by atoms with E-state index in [0.29, 0.717) is 5.92 Å². The molecule has 0 N–H and O–H groups in total. The summed E-state index contributed by atoms with van der Waals surface area (Å²) < 4.78 is 2.26. The van der Waals surface area contributed by atoms with Crippen LogP contribution in [0.5, 0.6) is 0 Å². The SMILES string of the molecule is Cc1ccc(CC(C)C)cc1-c1cc([Si](C)(C)C)cc[n+]1C. The highest BCUT2D eigenvalue weighted by Gasteiger charge is 2.21. The van der Waals surface area contributed by atoms with E-state index in [1.165, 1.54) is 27.6 Å². The van der Waals surface area contributed by atoms with E-state index in [0.717, 1.165) is 6.42 Å². The van der Waals surface area contributed by atoms with Gasteiger partial charge in [-0.25, -0.2) is 4.57 Å². The molecule has 2 aromatic rings. The van der Waals surface area contributed by atoms with E-state index >= 15 is 0 Å². The molecule has 1 aromatic heterocycles. The number of aromatic nitrogens is 1. The van der Waals surface area contributed by atoms with Crippen molar-refractivity contribution in [3.05, 3.63) is 47.7 Å². The summed E-state index contributed by atoms with van der Waals surface area (Å²) >= 11 is 0. The fraction of sp³-hybridized carbons (Fsp3) is 0.450. The Balaban J connectivity index is 2.55. The molecule has 22 heavy (non-hydrogen) atoms. The zero-order valence-electron chi connectivity index (χ0n) is 15.2. The first-order valence-corrected chi connectivity index (χ1v) is 11.8. The molecule has 0 atom stereocenters. The van der Waals surface area contributed by atoms with E-state index in [2.05, 4.69) is 88.6 Å². The first kappa shape index (κ1) is 16.9. The van der Waals surface area contributed by atoms with Crippen molar-refractivity contribution in [2.45, 2.75) is 46.8 Å². The van der Waals surface area contributed by atoms with E-state index in [1.54, 1.807) is 0 Å². The highest BCUT2D eigenvalue weighted by molar-refractivity contribution is 6.88. The molecule has 0 amide bonds. The predicted molar refractivity (Wildman–Crippen MR) is 99.3 cm³/mol. The number of aryl methyl sites for hydroxylation is 2. The van der Waals surface area contributed by atoms with E-state index in [1.807, 2.05) is 0 Å². The van der Waals surface area contributed by atoms with Gasteiger partial charge in [0.15, 0.2) is 6.20 Å². The maximum Gasteiger partial charge on any atom is 0.212 e. The van der Waals surface area contributed by atoms with Crippen molar-refractivity contribution in [2.24, 2.45) is 13.0 Å². The highest BCUT2D eigenvalue weighted by atomic mass is 28.3. The van der Waals surface area contributed by atoms with Gasteiger partial charge in [-0.2, -0.15) is 0 Å². The lowest BCUT2D eigenvalue weighted by atomic mass is 9.96. The average molecular weight is 313 g/mol. The highest BCUT2D eigenvalue weighted by Crippen LogP contribution is 2.23. The van der Waals surface area contributed by atoms with Crippen LogP contribution in [-0.4, -0.2) is 8.07 Å². The standard InChI is InChI=1S/C20H30NSi/c1-15(2)12-17-9-8-16(3)19(13-17)20-14-18(22(5,6)7)10-11-21(20)4/h8-11,13-15H,12H2,1-7H3/q+1. The lowest BCUT2D eigenvalue weighted by Gasteiger charge is -2.17. The summed E-state index contributed by atoms with van der Waals surface area (Å²) in [6, 6.07) is 11.6. The number of nitrogens with zero attached hydrogens (tertiary/aromatic N) is 1. The average Bonchev–Trinajstić information content (AvgIpc) is 2.40. The van der Waals surface area contributed by atoms with Gasteiger partial charge in [-0.15, -0.1) is 0 Å². The summed E-state index contributed by atoms with van der Waals surface area (Å²) in [6.45, 7) is 14.0. The van der Waals surface area contributed by atoms with Gasteiger partial charge < -0.3 is 0 Å². The summed E-state index contributed by atoms with van der Waals surface area (Å²) in [5, 5.41) is 1.52. The molecule has 1 nitrogen and oxygen atoms in total. The van der Waals surface area contributed by atoms with Crippen molar-refractivity contribution in [1.29, 1.82) is 0 Å². The van der Waals surface area contributed by atoms with Crippen LogP contribution in [0.25, 0.3) is 11.3 Å². The largest absolute Gasteiger partial charge is 0.212 e. The quantitative estimate of drug-likeness (QED) is 0.587. The van der Waals surface area contributed by atoms with Crippen LogP contribution in [0.2, 0.25) is 19.6 Å². The molecule has 1 heterocycles. The third-order valence-corrected chi connectivity index (χ3v) is 6.28. The van der Waals surface area contributed by atoms with E-state index in [4.69, 9.17) is 0 Å². The molecule has 0 aliphatic carbocycles. The topological polar surface area (TPSA) is 3.88 Å². The zero-order valence-corrected chi connectivity index (χ0v) is 16.2. The van der Waals surface area contributed by atoms with Gasteiger partial charge in [0.25, 0.3) is 0 Å². The Morgan fingerprint density at radius 1 is 1.05 bits per heavy atom. The Hall–Kier alpha value is -1.41. The zero-order chi connectivity index (χ0) is 16.5. The normalized spacial score (nSPS) is 12.0. The third-order valence-electron chi connectivity index (χ3n) is 4.24. The van der Waals surface area contributed by atoms with Crippen LogP contribution in [0, 0.1) is 12.8 Å². The van der Waals surface area contributed by atoms with Crippen molar-refractivity contribution in [3.8, 4) is 11.3 Å². The summed E-state index contributed by atoms with van der Waals surface area (Å²) in [4.78, 5) is 0. The van der Waals surface area contributed by atoms with Crippen molar-refractivity contribution in [3.63, 3.8) is 0 Å². The third kappa shape index (κ3) is 3.86. The van der Waals surface area contributed by atoms with Crippen molar-refractivity contribution in [2.75, 3.05) is 0 Å². The predicted octanol–water partition coefficient (Wildman–Crippen LogP) is 4.23. The molecule has 0 saturated carbocycles. The molecule has 2 heteroatoms. The number of hydrogen-bond acceptors (Lipinski definition) is 0. The van der Waals surface area contributed by atoms with Crippen LogP contribution in [0.1, 0.15) is 25.0 Å². The van der Waals surface area contributed by atoms with Crippen LogP contribution in [-0.2, 0) is 13.5 Å². The van der Waals surface area contributed by atoms with Gasteiger partial charge in [0.05, 0.1) is 8.07 Å².